The summed E-state index contributed by atoms with van der Waals surface area (Å²) >= 11 is 0. The van der Waals surface area contributed by atoms with E-state index in [1.165, 1.54) is 24.0 Å². The molecule has 0 unspecified atom stereocenters. The smallest absolute Gasteiger partial charge is 0.242 e. The summed E-state index contributed by atoms with van der Waals surface area (Å²) in [6, 6.07) is 4.09. The Morgan fingerprint density at radius 3 is 2.43 bits per heavy atom. The van der Waals surface area contributed by atoms with Gasteiger partial charge >= 0.3 is 0 Å². The number of benzene rings is 1. The Hall–Kier alpha value is -1.88. The van der Waals surface area contributed by atoms with E-state index in [2.05, 4.69) is 24.9 Å². The molecule has 1 aromatic heterocycles. The van der Waals surface area contributed by atoms with E-state index in [9.17, 15) is 9.90 Å². The first-order valence-corrected chi connectivity index (χ1v) is 8.45. The van der Waals surface area contributed by atoms with Crippen LogP contribution in [0.5, 0.6) is 0 Å². The van der Waals surface area contributed by atoms with Crippen molar-refractivity contribution in [3.8, 4) is 0 Å². The summed E-state index contributed by atoms with van der Waals surface area (Å²) < 4.78 is 1.87. The maximum absolute atomic E-state index is 12.7. The van der Waals surface area contributed by atoms with Gasteiger partial charge in [0, 0.05) is 13.1 Å². The molecule has 1 fully saturated rings. The van der Waals surface area contributed by atoms with Crippen LogP contribution in [0.25, 0.3) is 11.0 Å². The number of rotatable bonds is 3. The summed E-state index contributed by atoms with van der Waals surface area (Å²) in [5.74, 6) is 0.687. The summed E-state index contributed by atoms with van der Waals surface area (Å²) in [5, 5.41) is 9.62. The van der Waals surface area contributed by atoms with Crippen molar-refractivity contribution in [2.24, 2.45) is 0 Å². The molecule has 23 heavy (non-hydrogen) atoms. The molecule has 5 nitrogen and oxygen atoms in total. The molecular formula is C18H25N3O2. The van der Waals surface area contributed by atoms with E-state index >= 15 is 0 Å². The topological polar surface area (TPSA) is 58.4 Å². The fraction of sp³-hybridized carbons (Fsp3) is 0.556. The molecule has 0 bridgehead atoms. The Labute approximate surface area is 136 Å². The highest BCUT2D eigenvalue weighted by molar-refractivity contribution is 5.82. The molecule has 1 N–H and O–H groups in total. The molecule has 3 rings (SSSR count). The van der Waals surface area contributed by atoms with Crippen molar-refractivity contribution in [3.63, 3.8) is 0 Å². The van der Waals surface area contributed by atoms with Crippen molar-refractivity contribution in [2.45, 2.75) is 52.7 Å². The van der Waals surface area contributed by atoms with E-state index in [0.29, 0.717) is 5.82 Å². The van der Waals surface area contributed by atoms with Gasteiger partial charge in [-0.15, -0.1) is 0 Å². The van der Waals surface area contributed by atoms with Gasteiger partial charge in [0.1, 0.15) is 19.0 Å². The molecule has 0 saturated carbocycles. The molecule has 1 aliphatic heterocycles. The Balaban J connectivity index is 1.91. The molecule has 5 heteroatoms. The van der Waals surface area contributed by atoms with Gasteiger partial charge in [0.05, 0.1) is 11.0 Å². The quantitative estimate of drug-likeness (QED) is 0.947. The van der Waals surface area contributed by atoms with Crippen LogP contribution in [-0.4, -0.2) is 38.6 Å². The number of aryl methyl sites for hydroxylation is 2. The number of imidazole rings is 1. The van der Waals surface area contributed by atoms with Crippen LogP contribution in [0.4, 0.5) is 0 Å². The van der Waals surface area contributed by atoms with E-state index in [1.54, 1.807) is 0 Å². The van der Waals surface area contributed by atoms with Gasteiger partial charge in [0.15, 0.2) is 0 Å². The average Bonchev–Trinajstić information content (AvgIpc) is 2.73. The summed E-state index contributed by atoms with van der Waals surface area (Å²) in [5.41, 5.74) is 4.12. The number of amides is 1. The van der Waals surface area contributed by atoms with Crippen LogP contribution in [-0.2, 0) is 17.9 Å². The van der Waals surface area contributed by atoms with Gasteiger partial charge in [-0.1, -0.05) is 12.8 Å². The molecule has 1 aromatic carbocycles. The van der Waals surface area contributed by atoms with Crippen molar-refractivity contribution in [1.29, 1.82) is 0 Å². The maximum atomic E-state index is 12.7. The first kappa shape index (κ1) is 16.0. The molecule has 2 aromatic rings. The Kier molecular flexibility index (Phi) is 4.66. The van der Waals surface area contributed by atoms with Crippen LogP contribution in [0.1, 0.15) is 42.6 Å². The first-order valence-electron chi connectivity index (χ1n) is 8.45. The van der Waals surface area contributed by atoms with Crippen LogP contribution < -0.4 is 0 Å². The van der Waals surface area contributed by atoms with Crippen LogP contribution in [0.2, 0.25) is 0 Å². The third-order valence-corrected chi connectivity index (χ3v) is 4.84. The second-order valence-corrected chi connectivity index (χ2v) is 6.49. The highest BCUT2D eigenvalue weighted by atomic mass is 16.3. The van der Waals surface area contributed by atoms with Gasteiger partial charge in [-0.3, -0.25) is 4.79 Å². The molecule has 0 radical (unpaired) electrons. The standard InChI is InChI=1S/C18H25N3O2/c1-13-9-15-16(10-14(13)2)21(17(12-22)19-15)11-18(23)20-7-5-3-4-6-8-20/h9-10,22H,3-8,11-12H2,1-2H3. The first-order chi connectivity index (χ1) is 11.1. The number of carbonyl (C=O) groups excluding carboxylic acids is 1. The van der Waals surface area contributed by atoms with Gasteiger partial charge in [0.25, 0.3) is 0 Å². The molecule has 124 valence electrons. The van der Waals surface area contributed by atoms with Crippen molar-refractivity contribution in [2.75, 3.05) is 13.1 Å². The minimum absolute atomic E-state index is 0.124. The number of fused-ring (bicyclic) bond motifs is 1. The molecule has 0 spiro atoms. The third-order valence-electron chi connectivity index (χ3n) is 4.84. The minimum Gasteiger partial charge on any atom is -0.388 e. The molecule has 1 saturated heterocycles. The van der Waals surface area contributed by atoms with Gasteiger partial charge in [-0.2, -0.15) is 0 Å². The van der Waals surface area contributed by atoms with Crippen LogP contribution in [0.3, 0.4) is 0 Å². The maximum Gasteiger partial charge on any atom is 0.242 e. The highest BCUT2D eigenvalue weighted by Crippen LogP contribution is 2.21. The number of carbonyl (C=O) groups is 1. The fourth-order valence-electron chi connectivity index (χ4n) is 3.28. The summed E-state index contributed by atoms with van der Waals surface area (Å²) in [7, 11) is 0. The Morgan fingerprint density at radius 2 is 1.78 bits per heavy atom. The normalized spacial score (nSPS) is 15.9. The van der Waals surface area contributed by atoms with Gasteiger partial charge in [-0.25, -0.2) is 4.98 Å². The average molecular weight is 315 g/mol. The zero-order valence-corrected chi connectivity index (χ0v) is 14.0. The van der Waals surface area contributed by atoms with E-state index in [1.807, 2.05) is 15.5 Å². The van der Waals surface area contributed by atoms with Crippen molar-refractivity contribution in [3.05, 3.63) is 29.1 Å². The third kappa shape index (κ3) is 3.24. The number of aliphatic hydroxyl groups excluding tert-OH is 1. The second kappa shape index (κ2) is 6.71. The minimum atomic E-state index is -0.153. The van der Waals surface area contributed by atoms with Gasteiger partial charge in [0.2, 0.25) is 5.91 Å². The van der Waals surface area contributed by atoms with E-state index < -0.39 is 0 Å². The lowest BCUT2D eigenvalue weighted by Gasteiger charge is -2.21. The number of nitrogens with zero attached hydrogens (tertiary/aromatic N) is 3. The van der Waals surface area contributed by atoms with Crippen LogP contribution >= 0.6 is 0 Å². The molecular weight excluding hydrogens is 290 g/mol. The summed E-state index contributed by atoms with van der Waals surface area (Å²) in [6.07, 6.45) is 4.58. The van der Waals surface area contributed by atoms with E-state index in [0.717, 1.165) is 37.0 Å². The summed E-state index contributed by atoms with van der Waals surface area (Å²) in [6.45, 7) is 5.90. The number of hydrogen-bond acceptors (Lipinski definition) is 3. The zero-order chi connectivity index (χ0) is 16.4. The van der Waals surface area contributed by atoms with E-state index in [4.69, 9.17) is 0 Å². The molecule has 0 atom stereocenters. The Bertz CT molecular complexity index is 713. The van der Waals surface area contributed by atoms with E-state index in [-0.39, 0.29) is 19.1 Å². The molecule has 1 amide bonds. The largest absolute Gasteiger partial charge is 0.388 e. The van der Waals surface area contributed by atoms with Gasteiger partial charge < -0.3 is 14.6 Å². The monoisotopic (exact) mass is 315 g/mol. The SMILES string of the molecule is Cc1cc2nc(CO)n(CC(=O)N3CCCCCC3)c2cc1C. The molecule has 2 heterocycles. The predicted molar refractivity (Wildman–Crippen MR) is 90.2 cm³/mol. The number of likely N-dealkylation sites (tertiary alicyclic amines) is 1. The molecule has 1 aliphatic rings. The molecule has 0 aliphatic carbocycles. The van der Waals surface area contributed by atoms with Crippen LogP contribution in [0, 0.1) is 13.8 Å². The van der Waals surface area contributed by atoms with Crippen molar-refractivity contribution in [1.82, 2.24) is 14.5 Å². The number of hydrogen-bond donors (Lipinski definition) is 1. The highest BCUT2D eigenvalue weighted by Gasteiger charge is 2.19. The van der Waals surface area contributed by atoms with Crippen LogP contribution in [0.15, 0.2) is 12.1 Å². The lowest BCUT2D eigenvalue weighted by Crippen LogP contribution is -2.34. The van der Waals surface area contributed by atoms with Crippen molar-refractivity contribution < 1.29 is 9.90 Å². The van der Waals surface area contributed by atoms with Crippen molar-refractivity contribution >= 4 is 16.9 Å². The fourth-order valence-corrected chi connectivity index (χ4v) is 3.28. The number of aliphatic hydroxyl groups is 1. The number of aromatic nitrogens is 2. The Morgan fingerprint density at radius 1 is 1.13 bits per heavy atom. The summed E-state index contributed by atoms with van der Waals surface area (Å²) in [4.78, 5) is 19.1. The zero-order valence-electron chi connectivity index (χ0n) is 14.0. The lowest BCUT2D eigenvalue weighted by molar-refractivity contribution is -0.131. The predicted octanol–water partition coefficient (Wildman–Crippen LogP) is 2.55. The van der Waals surface area contributed by atoms with Gasteiger partial charge in [-0.05, 0) is 49.9 Å². The lowest BCUT2D eigenvalue weighted by atomic mass is 10.1. The second-order valence-electron chi connectivity index (χ2n) is 6.49.